The average Bonchev–Trinajstić information content (AvgIpc) is 2.08. The lowest BCUT2D eigenvalue weighted by molar-refractivity contribution is -0.137. The zero-order chi connectivity index (χ0) is 9.46. The number of rotatable bonds is 0. The second kappa shape index (κ2) is 3.25. The lowest BCUT2D eigenvalue weighted by Crippen LogP contribution is -2.69. The zero-order valence-electron chi connectivity index (χ0n) is 6.41. The van der Waals surface area contributed by atoms with Crippen LogP contribution in [0.25, 0.3) is 0 Å². The van der Waals surface area contributed by atoms with E-state index in [1.54, 1.807) is 0 Å². The first kappa shape index (κ1) is 9.85. The van der Waals surface area contributed by atoms with E-state index in [1.807, 2.05) is 0 Å². The molecule has 1 aliphatic rings. The first-order valence-electron chi connectivity index (χ1n) is 3.70. The molecular formula is C6H14N2O4. The smallest absolute Gasteiger partial charge is 0.109 e. The highest BCUT2D eigenvalue weighted by Crippen LogP contribution is 2.18. The van der Waals surface area contributed by atoms with Gasteiger partial charge in [0.15, 0.2) is 0 Å². The Morgan fingerprint density at radius 2 is 0.917 bits per heavy atom. The van der Waals surface area contributed by atoms with Crippen molar-refractivity contribution in [1.29, 1.82) is 0 Å². The molecule has 1 fully saturated rings. The van der Waals surface area contributed by atoms with Gasteiger partial charge < -0.3 is 31.9 Å². The van der Waals surface area contributed by atoms with E-state index < -0.39 is 36.5 Å². The molecule has 0 radical (unpaired) electrons. The fourth-order valence-electron chi connectivity index (χ4n) is 1.32. The second-order valence-corrected chi connectivity index (χ2v) is 3.12. The summed E-state index contributed by atoms with van der Waals surface area (Å²) in [5, 5.41) is 36.7. The van der Waals surface area contributed by atoms with E-state index in [0.29, 0.717) is 0 Å². The molecule has 0 amide bonds. The highest BCUT2D eigenvalue weighted by Gasteiger charge is 2.45. The maximum absolute atomic E-state index is 9.22. The number of aliphatic hydroxyl groups excluding tert-OH is 4. The first-order chi connectivity index (χ1) is 5.46. The van der Waals surface area contributed by atoms with Crippen molar-refractivity contribution in [2.45, 2.75) is 36.5 Å². The highest BCUT2D eigenvalue weighted by molar-refractivity contribution is 5.02. The molecule has 0 spiro atoms. The topological polar surface area (TPSA) is 133 Å². The number of aliphatic hydroxyl groups is 4. The van der Waals surface area contributed by atoms with Gasteiger partial charge in [-0.2, -0.15) is 0 Å². The number of nitrogens with two attached hydrogens (primary N) is 2. The molecule has 6 atom stereocenters. The summed E-state index contributed by atoms with van der Waals surface area (Å²) in [5.41, 5.74) is 10.6. The maximum Gasteiger partial charge on any atom is 0.109 e. The van der Waals surface area contributed by atoms with Gasteiger partial charge in [0, 0.05) is 0 Å². The quantitative estimate of drug-likeness (QED) is 0.224. The lowest BCUT2D eigenvalue weighted by Gasteiger charge is -2.40. The van der Waals surface area contributed by atoms with Crippen molar-refractivity contribution in [3.63, 3.8) is 0 Å². The van der Waals surface area contributed by atoms with Crippen molar-refractivity contribution < 1.29 is 20.4 Å². The standard InChI is InChI=1S/C6H14N2O4/c7-1-3(9)2(8)5(11)6(12)4(1)10/h1-6,9-12H,7-8H2/t1-,2+,3?,4-,5+,6?. The zero-order valence-corrected chi connectivity index (χ0v) is 6.41. The molecule has 6 heteroatoms. The van der Waals surface area contributed by atoms with Gasteiger partial charge in [-0.25, -0.2) is 0 Å². The third-order valence-electron chi connectivity index (χ3n) is 2.28. The molecule has 0 saturated heterocycles. The average molecular weight is 178 g/mol. The Balaban J connectivity index is 2.76. The van der Waals surface area contributed by atoms with E-state index in [-0.39, 0.29) is 0 Å². The van der Waals surface area contributed by atoms with Gasteiger partial charge in [0.25, 0.3) is 0 Å². The molecule has 0 aliphatic heterocycles. The van der Waals surface area contributed by atoms with Gasteiger partial charge in [-0.3, -0.25) is 0 Å². The van der Waals surface area contributed by atoms with Crippen LogP contribution in [-0.4, -0.2) is 56.9 Å². The molecule has 2 unspecified atom stereocenters. The van der Waals surface area contributed by atoms with Crippen LogP contribution in [0.3, 0.4) is 0 Å². The van der Waals surface area contributed by atoms with E-state index in [1.165, 1.54) is 0 Å². The van der Waals surface area contributed by atoms with E-state index in [9.17, 15) is 5.11 Å². The largest absolute Gasteiger partial charge is 0.390 e. The summed E-state index contributed by atoms with van der Waals surface area (Å²) in [6.07, 6.45) is -5.26. The third-order valence-corrected chi connectivity index (χ3v) is 2.28. The molecule has 1 saturated carbocycles. The van der Waals surface area contributed by atoms with Crippen LogP contribution in [0.15, 0.2) is 0 Å². The molecule has 8 N–H and O–H groups in total. The SMILES string of the molecule is N[C@@H]1C(O)[C@H](N)[C@H](O)C(O)[C@@H]1O. The summed E-state index contributed by atoms with van der Waals surface area (Å²) in [5.74, 6) is 0. The molecular weight excluding hydrogens is 164 g/mol. The van der Waals surface area contributed by atoms with Gasteiger partial charge in [-0.05, 0) is 0 Å². The van der Waals surface area contributed by atoms with Gasteiger partial charge in [-0.1, -0.05) is 0 Å². The predicted octanol–water partition coefficient (Wildman–Crippen LogP) is -3.90. The van der Waals surface area contributed by atoms with Gasteiger partial charge >= 0.3 is 0 Å². The van der Waals surface area contributed by atoms with Gasteiger partial charge in [0.1, 0.15) is 18.3 Å². The van der Waals surface area contributed by atoms with Crippen molar-refractivity contribution in [3.8, 4) is 0 Å². The molecule has 0 aromatic rings. The summed E-state index contributed by atoms with van der Waals surface area (Å²) in [4.78, 5) is 0. The van der Waals surface area contributed by atoms with E-state index in [4.69, 9.17) is 26.8 Å². The fourth-order valence-corrected chi connectivity index (χ4v) is 1.32. The Morgan fingerprint density at radius 3 is 1.25 bits per heavy atom. The molecule has 12 heavy (non-hydrogen) atoms. The van der Waals surface area contributed by atoms with Crippen molar-refractivity contribution >= 4 is 0 Å². The van der Waals surface area contributed by atoms with Crippen LogP contribution in [0.4, 0.5) is 0 Å². The third kappa shape index (κ3) is 1.33. The van der Waals surface area contributed by atoms with Crippen molar-refractivity contribution in [3.05, 3.63) is 0 Å². The maximum atomic E-state index is 9.22. The number of hydrogen-bond donors (Lipinski definition) is 6. The van der Waals surface area contributed by atoms with Crippen molar-refractivity contribution in [2.75, 3.05) is 0 Å². The summed E-state index contributed by atoms with van der Waals surface area (Å²) in [6, 6.07) is -2.03. The van der Waals surface area contributed by atoms with E-state index in [0.717, 1.165) is 0 Å². The molecule has 0 heterocycles. The minimum absolute atomic E-state index is 1.02. The summed E-state index contributed by atoms with van der Waals surface area (Å²) < 4.78 is 0. The molecule has 1 aliphatic carbocycles. The van der Waals surface area contributed by atoms with Crippen LogP contribution >= 0.6 is 0 Å². The van der Waals surface area contributed by atoms with Crippen LogP contribution < -0.4 is 11.5 Å². The van der Waals surface area contributed by atoms with Crippen LogP contribution in [0.2, 0.25) is 0 Å². The van der Waals surface area contributed by atoms with Crippen LogP contribution in [-0.2, 0) is 0 Å². The van der Waals surface area contributed by atoms with Crippen molar-refractivity contribution in [2.24, 2.45) is 11.5 Å². The second-order valence-electron chi connectivity index (χ2n) is 3.12. The lowest BCUT2D eigenvalue weighted by atomic mass is 9.82. The molecule has 6 nitrogen and oxygen atoms in total. The fraction of sp³-hybridized carbons (Fsp3) is 1.00. The minimum Gasteiger partial charge on any atom is -0.390 e. The monoisotopic (exact) mass is 178 g/mol. The van der Waals surface area contributed by atoms with Crippen molar-refractivity contribution in [1.82, 2.24) is 0 Å². The van der Waals surface area contributed by atoms with Gasteiger partial charge in [-0.15, -0.1) is 0 Å². The highest BCUT2D eigenvalue weighted by atomic mass is 16.4. The van der Waals surface area contributed by atoms with E-state index in [2.05, 4.69) is 0 Å². The molecule has 0 bridgehead atoms. The summed E-state index contributed by atoms with van der Waals surface area (Å²) in [6.45, 7) is 0. The van der Waals surface area contributed by atoms with E-state index >= 15 is 0 Å². The molecule has 72 valence electrons. The minimum atomic E-state index is -1.39. The Morgan fingerprint density at radius 1 is 0.583 bits per heavy atom. The van der Waals surface area contributed by atoms with Gasteiger partial charge in [0.05, 0.1) is 18.2 Å². The Labute approximate surface area is 69.4 Å². The number of hydrogen-bond acceptors (Lipinski definition) is 6. The molecule has 0 aromatic carbocycles. The normalized spacial score (nSPS) is 55.5. The Hall–Kier alpha value is -0.240. The van der Waals surface area contributed by atoms with Crippen LogP contribution in [0.5, 0.6) is 0 Å². The molecule has 1 rings (SSSR count). The Bertz CT molecular complexity index is 109. The van der Waals surface area contributed by atoms with Crippen LogP contribution in [0, 0.1) is 0 Å². The van der Waals surface area contributed by atoms with Gasteiger partial charge in [0.2, 0.25) is 0 Å². The van der Waals surface area contributed by atoms with Crippen LogP contribution in [0.1, 0.15) is 0 Å². The predicted molar refractivity (Wildman–Crippen MR) is 40.0 cm³/mol. The first-order valence-corrected chi connectivity index (χ1v) is 3.70. The Kier molecular flexibility index (Phi) is 2.67. The molecule has 0 aromatic heterocycles. The summed E-state index contributed by atoms with van der Waals surface area (Å²) >= 11 is 0. The summed E-state index contributed by atoms with van der Waals surface area (Å²) in [7, 11) is 0.